The van der Waals surface area contributed by atoms with Crippen molar-refractivity contribution in [1.29, 1.82) is 0 Å². The number of fused-ring (bicyclic) bond motifs is 1. The summed E-state index contributed by atoms with van der Waals surface area (Å²) in [5.41, 5.74) is 2.65. The summed E-state index contributed by atoms with van der Waals surface area (Å²) in [6, 6.07) is 11.0. The molecule has 0 radical (unpaired) electrons. The molecule has 0 saturated carbocycles. The maximum Gasteiger partial charge on any atom is 0.115 e. The highest BCUT2D eigenvalue weighted by Gasteiger charge is 2.22. The molecular formula is C17H21NOS. The summed E-state index contributed by atoms with van der Waals surface area (Å²) in [7, 11) is 0. The standard InChI is InChI=1S/C17H21NOS/c1-11-6-9-17(20-11)12(2)18-16-5-3-4-13-10-14(19)7-8-15(13)16/h6-10,12,16,18-19H,3-5H2,1-2H3. The van der Waals surface area contributed by atoms with E-state index in [1.54, 1.807) is 6.07 Å². The second-order valence-corrected chi connectivity index (χ2v) is 6.98. The van der Waals surface area contributed by atoms with Crippen molar-refractivity contribution < 1.29 is 5.11 Å². The summed E-state index contributed by atoms with van der Waals surface area (Å²) in [4.78, 5) is 2.76. The smallest absolute Gasteiger partial charge is 0.115 e. The lowest BCUT2D eigenvalue weighted by atomic mass is 9.87. The lowest BCUT2D eigenvalue weighted by Gasteiger charge is -2.29. The Morgan fingerprint density at radius 1 is 1.30 bits per heavy atom. The highest BCUT2D eigenvalue weighted by Crippen LogP contribution is 2.34. The van der Waals surface area contributed by atoms with Crippen LogP contribution in [0.15, 0.2) is 30.3 Å². The van der Waals surface area contributed by atoms with E-state index in [0.29, 0.717) is 17.8 Å². The molecule has 2 aromatic rings. The summed E-state index contributed by atoms with van der Waals surface area (Å²) in [5.74, 6) is 0.381. The molecule has 1 aromatic carbocycles. The molecular weight excluding hydrogens is 266 g/mol. The van der Waals surface area contributed by atoms with Gasteiger partial charge in [0.25, 0.3) is 0 Å². The summed E-state index contributed by atoms with van der Waals surface area (Å²) in [6.45, 7) is 4.39. The van der Waals surface area contributed by atoms with Gasteiger partial charge in [-0.3, -0.25) is 0 Å². The zero-order chi connectivity index (χ0) is 14.1. The molecule has 3 heteroatoms. The maximum absolute atomic E-state index is 9.62. The molecule has 20 heavy (non-hydrogen) atoms. The first-order valence-corrected chi connectivity index (χ1v) is 8.09. The molecule has 0 spiro atoms. The van der Waals surface area contributed by atoms with E-state index < -0.39 is 0 Å². The minimum atomic E-state index is 0.374. The normalized spacial score (nSPS) is 19.6. The fourth-order valence-corrected chi connectivity index (χ4v) is 3.93. The van der Waals surface area contributed by atoms with Crippen LogP contribution in [0.3, 0.4) is 0 Å². The van der Waals surface area contributed by atoms with Crippen molar-refractivity contribution in [3.63, 3.8) is 0 Å². The number of hydrogen-bond donors (Lipinski definition) is 2. The number of aryl methyl sites for hydroxylation is 2. The van der Waals surface area contributed by atoms with Crippen LogP contribution in [0.1, 0.15) is 52.7 Å². The number of nitrogens with one attached hydrogen (secondary N) is 1. The molecule has 0 fully saturated rings. The monoisotopic (exact) mass is 287 g/mol. The highest BCUT2D eigenvalue weighted by atomic mass is 32.1. The van der Waals surface area contributed by atoms with Crippen LogP contribution < -0.4 is 5.32 Å². The van der Waals surface area contributed by atoms with Crippen LogP contribution in [0.5, 0.6) is 5.75 Å². The van der Waals surface area contributed by atoms with Crippen LogP contribution in [0, 0.1) is 6.92 Å². The van der Waals surface area contributed by atoms with Gasteiger partial charge in [0.1, 0.15) is 5.75 Å². The minimum absolute atomic E-state index is 0.374. The Morgan fingerprint density at radius 2 is 2.15 bits per heavy atom. The van der Waals surface area contributed by atoms with Crippen LogP contribution in [-0.4, -0.2) is 5.11 Å². The molecule has 3 rings (SSSR count). The van der Waals surface area contributed by atoms with Gasteiger partial charge in [-0.05, 0) is 68.5 Å². The first-order chi connectivity index (χ1) is 9.63. The average molecular weight is 287 g/mol. The molecule has 0 bridgehead atoms. The fourth-order valence-electron chi connectivity index (χ4n) is 3.04. The molecule has 106 valence electrons. The third-order valence-electron chi connectivity index (χ3n) is 4.08. The van der Waals surface area contributed by atoms with Crippen LogP contribution >= 0.6 is 11.3 Å². The van der Waals surface area contributed by atoms with Crippen LogP contribution in [0.2, 0.25) is 0 Å². The van der Waals surface area contributed by atoms with Gasteiger partial charge >= 0.3 is 0 Å². The molecule has 1 heterocycles. The average Bonchev–Trinajstić information content (AvgIpc) is 2.85. The third kappa shape index (κ3) is 2.74. The Morgan fingerprint density at radius 3 is 2.90 bits per heavy atom. The van der Waals surface area contributed by atoms with Gasteiger partial charge in [0.05, 0.1) is 0 Å². The van der Waals surface area contributed by atoms with E-state index in [-0.39, 0.29) is 0 Å². The van der Waals surface area contributed by atoms with Crippen molar-refractivity contribution in [1.82, 2.24) is 5.32 Å². The van der Waals surface area contributed by atoms with Crippen molar-refractivity contribution in [3.05, 3.63) is 51.2 Å². The number of aromatic hydroxyl groups is 1. The predicted octanol–water partition coefficient (Wildman–Crippen LogP) is 4.49. The minimum Gasteiger partial charge on any atom is -0.508 e. The topological polar surface area (TPSA) is 32.3 Å². The van der Waals surface area contributed by atoms with Gasteiger partial charge < -0.3 is 10.4 Å². The summed E-state index contributed by atoms with van der Waals surface area (Å²) < 4.78 is 0. The van der Waals surface area contributed by atoms with Gasteiger partial charge in [-0.15, -0.1) is 11.3 Å². The molecule has 2 N–H and O–H groups in total. The lowest BCUT2D eigenvalue weighted by molar-refractivity contribution is 0.415. The molecule has 1 aliphatic carbocycles. The fraction of sp³-hybridized carbons (Fsp3) is 0.412. The Hall–Kier alpha value is -1.32. The van der Waals surface area contributed by atoms with Crippen molar-refractivity contribution in [2.45, 2.75) is 45.2 Å². The molecule has 0 amide bonds. The number of hydrogen-bond acceptors (Lipinski definition) is 3. The van der Waals surface area contributed by atoms with E-state index in [1.807, 2.05) is 17.4 Å². The Labute approximate surface area is 124 Å². The number of thiophene rings is 1. The van der Waals surface area contributed by atoms with E-state index in [4.69, 9.17) is 0 Å². The van der Waals surface area contributed by atoms with Gasteiger partial charge in [0, 0.05) is 21.8 Å². The predicted molar refractivity (Wildman–Crippen MR) is 84.4 cm³/mol. The molecule has 0 saturated heterocycles. The van der Waals surface area contributed by atoms with Crippen molar-refractivity contribution in [2.75, 3.05) is 0 Å². The van der Waals surface area contributed by atoms with Gasteiger partial charge in [-0.25, -0.2) is 0 Å². The first-order valence-electron chi connectivity index (χ1n) is 7.27. The second kappa shape index (κ2) is 5.58. The highest BCUT2D eigenvalue weighted by molar-refractivity contribution is 7.12. The molecule has 2 unspecified atom stereocenters. The van der Waals surface area contributed by atoms with E-state index >= 15 is 0 Å². The Bertz CT molecular complexity index is 605. The maximum atomic E-state index is 9.62. The van der Waals surface area contributed by atoms with Gasteiger partial charge in [0.2, 0.25) is 0 Å². The number of phenolic OH excluding ortho intramolecular Hbond substituents is 1. The van der Waals surface area contributed by atoms with Gasteiger partial charge in [-0.1, -0.05) is 6.07 Å². The lowest BCUT2D eigenvalue weighted by Crippen LogP contribution is -2.27. The van der Waals surface area contributed by atoms with E-state index in [2.05, 4.69) is 37.4 Å². The zero-order valence-electron chi connectivity index (χ0n) is 12.0. The summed E-state index contributed by atoms with van der Waals surface area (Å²) >= 11 is 1.87. The van der Waals surface area contributed by atoms with Crippen LogP contribution in [0.25, 0.3) is 0 Å². The van der Waals surface area contributed by atoms with Crippen molar-refractivity contribution >= 4 is 11.3 Å². The summed E-state index contributed by atoms with van der Waals surface area (Å²) in [6.07, 6.45) is 3.44. The number of rotatable bonds is 3. The molecule has 0 aliphatic heterocycles. The SMILES string of the molecule is Cc1ccc(C(C)NC2CCCc3cc(O)ccc32)s1. The van der Waals surface area contributed by atoms with E-state index in [1.165, 1.54) is 33.7 Å². The Kier molecular flexibility index (Phi) is 3.81. The second-order valence-electron chi connectivity index (χ2n) is 5.66. The third-order valence-corrected chi connectivity index (χ3v) is 5.26. The van der Waals surface area contributed by atoms with E-state index in [0.717, 1.165) is 6.42 Å². The van der Waals surface area contributed by atoms with E-state index in [9.17, 15) is 5.11 Å². The largest absolute Gasteiger partial charge is 0.508 e. The molecule has 2 nitrogen and oxygen atoms in total. The first kappa shape index (κ1) is 13.7. The zero-order valence-corrected chi connectivity index (χ0v) is 12.8. The molecule has 1 aliphatic rings. The summed E-state index contributed by atoms with van der Waals surface area (Å²) in [5, 5.41) is 13.4. The van der Waals surface area contributed by atoms with Crippen molar-refractivity contribution in [3.8, 4) is 5.75 Å². The van der Waals surface area contributed by atoms with Gasteiger partial charge in [-0.2, -0.15) is 0 Å². The quantitative estimate of drug-likeness (QED) is 0.871. The number of benzene rings is 1. The van der Waals surface area contributed by atoms with Crippen LogP contribution in [0.4, 0.5) is 0 Å². The Balaban J connectivity index is 1.79. The van der Waals surface area contributed by atoms with Gasteiger partial charge in [0.15, 0.2) is 0 Å². The molecule has 1 aromatic heterocycles. The number of phenols is 1. The molecule has 2 atom stereocenters. The van der Waals surface area contributed by atoms with Crippen molar-refractivity contribution in [2.24, 2.45) is 0 Å². The van der Waals surface area contributed by atoms with Crippen LogP contribution in [-0.2, 0) is 6.42 Å².